The second-order valence-corrected chi connectivity index (χ2v) is 6.27. The highest BCUT2D eigenvalue weighted by Crippen LogP contribution is 2.35. The Balaban J connectivity index is 1.67. The van der Waals surface area contributed by atoms with Crippen molar-refractivity contribution in [3.8, 4) is 0 Å². The highest BCUT2D eigenvalue weighted by atomic mass is 19.1. The van der Waals surface area contributed by atoms with Crippen molar-refractivity contribution < 1.29 is 8.78 Å². The molecule has 2 fully saturated rings. The van der Waals surface area contributed by atoms with Crippen molar-refractivity contribution in [2.75, 3.05) is 7.05 Å². The Hall–Kier alpha value is -1.00. The molecular formula is C16H22F2N2. The largest absolute Gasteiger partial charge is 0.307 e. The molecule has 3 unspecified atom stereocenters. The van der Waals surface area contributed by atoms with E-state index in [0.717, 1.165) is 12.8 Å². The van der Waals surface area contributed by atoms with Gasteiger partial charge < -0.3 is 10.2 Å². The third-order valence-electron chi connectivity index (χ3n) is 5.01. The van der Waals surface area contributed by atoms with Crippen LogP contribution in [0.15, 0.2) is 18.2 Å². The van der Waals surface area contributed by atoms with Crippen molar-refractivity contribution >= 4 is 0 Å². The van der Waals surface area contributed by atoms with E-state index in [9.17, 15) is 8.78 Å². The summed E-state index contributed by atoms with van der Waals surface area (Å²) in [7, 11) is 2.20. The number of nitrogens with zero attached hydrogens (tertiary/aromatic N) is 1. The van der Waals surface area contributed by atoms with Crippen LogP contribution < -0.4 is 5.32 Å². The van der Waals surface area contributed by atoms with Crippen molar-refractivity contribution in [3.63, 3.8) is 0 Å². The monoisotopic (exact) mass is 280 g/mol. The third kappa shape index (κ3) is 2.59. The van der Waals surface area contributed by atoms with Crippen LogP contribution in [0.1, 0.15) is 44.2 Å². The van der Waals surface area contributed by atoms with Gasteiger partial charge in [0, 0.05) is 29.7 Å². The normalized spacial score (nSPS) is 31.5. The van der Waals surface area contributed by atoms with Crippen LogP contribution in [-0.2, 0) is 0 Å². The highest BCUT2D eigenvalue weighted by molar-refractivity contribution is 5.22. The molecule has 2 saturated heterocycles. The lowest BCUT2D eigenvalue weighted by Gasteiger charge is -2.38. The molecule has 20 heavy (non-hydrogen) atoms. The maximum atomic E-state index is 13.8. The van der Waals surface area contributed by atoms with Gasteiger partial charge in [0.05, 0.1) is 0 Å². The van der Waals surface area contributed by atoms with Crippen LogP contribution in [-0.4, -0.2) is 30.1 Å². The Labute approximate surface area is 119 Å². The van der Waals surface area contributed by atoms with Gasteiger partial charge in [0.25, 0.3) is 0 Å². The van der Waals surface area contributed by atoms with Crippen LogP contribution in [0.5, 0.6) is 0 Å². The standard InChI is InChI=1S/C16H22F2N2/c1-10(15-7-11(17)3-6-16(15)18)19-12-8-13-4-5-14(9-12)20(13)2/h3,6-7,10,12-14,19H,4-5,8-9H2,1-2H3. The molecule has 2 heterocycles. The molecule has 110 valence electrons. The number of piperidine rings is 1. The molecule has 4 heteroatoms. The molecule has 2 aliphatic rings. The maximum absolute atomic E-state index is 13.8. The predicted octanol–water partition coefficient (Wildman–Crippen LogP) is 3.24. The van der Waals surface area contributed by atoms with Crippen LogP contribution >= 0.6 is 0 Å². The second-order valence-electron chi connectivity index (χ2n) is 6.27. The SMILES string of the molecule is CC(NC1CC2CCC(C1)N2C)c1cc(F)ccc1F. The number of benzene rings is 1. The van der Waals surface area contributed by atoms with Gasteiger partial charge in [-0.25, -0.2) is 8.78 Å². The maximum Gasteiger partial charge on any atom is 0.128 e. The lowest BCUT2D eigenvalue weighted by molar-refractivity contribution is 0.144. The van der Waals surface area contributed by atoms with Gasteiger partial charge in [-0.15, -0.1) is 0 Å². The van der Waals surface area contributed by atoms with Crippen LogP contribution in [0.4, 0.5) is 8.78 Å². The van der Waals surface area contributed by atoms with Gasteiger partial charge in [0.15, 0.2) is 0 Å². The van der Waals surface area contributed by atoms with E-state index < -0.39 is 0 Å². The number of rotatable bonds is 3. The summed E-state index contributed by atoms with van der Waals surface area (Å²) in [6.45, 7) is 1.91. The average Bonchev–Trinajstić information content (AvgIpc) is 2.64. The van der Waals surface area contributed by atoms with E-state index in [1.807, 2.05) is 6.92 Å². The Bertz CT molecular complexity index is 477. The summed E-state index contributed by atoms with van der Waals surface area (Å²) < 4.78 is 27.1. The van der Waals surface area contributed by atoms with Crippen LogP contribution in [0.2, 0.25) is 0 Å². The number of fused-ring (bicyclic) bond motifs is 2. The Morgan fingerprint density at radius 1 is 1.20 bits per heavy atom. The van der Waals surface area contributed by atoms with Crippen LogP contribution in [0.25, 0.3) is 0 Å². The first-order valence-corrected chi connectivity index (χ1v) is 7.47. The quantitative estimate of drug-likeness (QED) is 0.914. The van der Waals surface area contributed by atoms with Crippen molar-refractivity contribution in [3.05, 3.63) is 35.4 Å². The first kappa shape index (κ1) is 14.0. The summed E-state index contributed by atoms with van der Waals surface area (Å²) in [5.74, 6) is -0.708. The highest BCUT2D eigenvalue weighted by Gasteiger charge is 2.38. The van der Waals surface area contributed by atoms with E-state index in [1.165, 1.54) is 31.0 Å². The van der Waals surface area contributed by atoms with E-state index in [-0.39, 0.29) is 17.7 Å². The topological polar surface area (TPSA) is 15.3 Å². The first-order valence-electron chi connectivity index (χ1n) is 7.47. The van der Waals surface area contributed by atoms with Gasteiger partial charge in [0.1, 0.15) is 11.6 Å². The number of halogens is 2. The minimum absolute atomic E-state index is 0.154. The minimum Gasteiger partial charge on any atom is -0.307 e. The molecule has 1 aromatic carbocycles. The van der Waals surface area contributed by atoms with Crippen molar-refractivity contribution in [2.45, 2.75) is 56.8 Å². The van der Waals surface area contributed by atoms with E-state index in [2.05, 4.69) is 17.3 Å². The summed E-state index contributed by atoms with van der Waals surface area (Å²) in [6.07, 6.45) is 4.74. The summed E-state index contributed by atoms with van der Waals surface area (Å²) in [5.41, 5.74) is 0.427. The molecule has 0 aliphatic carbocycles. The third-order valence-corrected chi connectivity index (χ3v) is 5.01. The van der Waals surface area contributed by atoms with Gasteiger partial charge in [0.2, 0.25) is 0 Å². The van der Waals surface area contributed by atoms with Crippen molar-refractivity contribution in [2.24, 2.45) is 0 Å². The van der Waals surface area contributed by atoms with Crippen molar-refractivity contribution in [1.29, 1.82) is 0 Å². The Kier molecular flexibility index (Phi) is 3.78. The van der Waals surface area contributed by atoms with Crippen LogP contribution in [0, 0.1) is 11.6 Å². The van der Waals surface area contributed by atoms with Gasteiger partial charge in [-0.3, -0.25) is 0 Å². The predicted molar refractivity (Wildman–Crippen MR) is 75.5 cm³/mol. The molecule has 1 N–H and O–H groups in total. The molecule has 2 nitrogen and oxygen atoms in total. The second kappa shape index (κ2) is 5.41. The molecule has 3 rings (SSSR count). The number of hydrogen-bond acceptors (Lipinski definition) is 2. The first-order chi connectivity index (χ1) is 9.54. The number of hydrogen-bond donors (Lipinski definition) is 1. The van der Waals surface area contributed by atoms with Gasteiger partial charge in [-0.1, -0.05) is 0 Å². The molecule has 0 amide bonds. The summed E-state index contributed by atoms with van der Waals surface area (Å²) >= 11 is 0. The molecule has 0 saturated carbocycles. The van der Waals surface area contributed by atoms with Crippen molar-refractivity contribution in [1.82, 2.24) is 10.2 Å². The molecule has 2 bridgehead atoms. The van der Waals surface area contributed by atoms with Gasteiger partial charge in [-0.2, -0.15) is 0 Å². The Morgan fingerprint density at radius 2 is 1.85 bits per heavy atom. The van der Waals surface area contributed by atoms with E-state index in [4.69, 9.17) is 0 Å². The molecular weight excluding hydrogens is 258 g/mol. The molecule has 1 aromatic rings. The fourth-order valence-corrected chi connectivity index (χ4v) is 3.84. The zero-order valence-corrected chi connectivity index (χ0v) is 12.1. The van der Waals surface area contributed by atoms with Gasteiger partial charge in [-0.05, 0) is 57.9 Å². The zero-order chi connectivity index (χ0) is 14.3. The molecule has 0 aromatic heterocycles. The molecule has 0 radical (unpaired) electrons. The fourth-order valence-electron chi connectivity index (χ4n) is 3.84. The number of nitrogens with one attached hydrogen (secondary N) is 1. The van der Waals surface area contributed by atoms with E-state index >= 15 is 0 Å². The van der Waals surface area contributed by atoms with E-state index in [1.54, 1.807) is 0 Å². The molecule has 0 spiro atoms. The average molecular weight is 280 g/mol. The zero-order valence-electron chi connectivity index (χ0n) is 12.1. The summed E-state index contributed by atoms with van der Waals surface area (Å²) in [4.78, 5) is 2.48. The molecule has 3 atom stereocenters. The Morgan fingerprint density at radius 3 is 2.50 bits per heavy atom. The fraction of sp³-hybridized carbons (Fsp3) is 0.625. The summed E-state index contributed by atoms with van der Waals surface area (Å²) in [5, 5.41) is 3.49. The van der Waals surface area contributed by atoms with Gasteiger partial charge >= 0.3 is 0 Å². The lowest BCUT2D eigenvalue weighted by atomic mass is 9.96. The molecule has 2 aliphatic heterocycles. The van der Waals surface area contributed by atoms with E-state index in [0.29, 0.717) is 23.7 Å². The lowest BCUT2D eigenvalue weighted by Crippen LogP contribution is -2.47. The van der Waals surface area contributed by atoms with Crippen LogP contribution in [0.3, 0.4) is 0 Å². The minimum atomic E-state index is -0.376. The summed E-state index contributed by atoms with van der Waals surface area (Å²) in [6, 6.07) is 5.23. The smallest absolute Gasteiger partial charge is 0.128 e.